The molecule has 8 nitrogen and oxygen atoms in total. The minimum atomic E-state index is -2.11. The first-order valence-corrected chi connectivity index (χ1v) is 9.40. The van der Waals surface area contributed by atoms with Crippen molar-refractivity contribution >= 4 is 23.3 Å². The number of Topliss-reactive ketones (excluding diaryl/α,β-unsaturated/α-hetero) is 1. The van der Waals surface area contributed by atoms with Crippen molar-refractivity contribution in [2.75, 3.05) is 32.3 Å². The highest BCUT2D eigenvalue weighted by atomic mass is 16.5. The number of ether oxygens (including phenoxy) is 3. The second kappa shape index (κ2) is 8.54. The van der Waals surface area contributed by atoms with Gasteiger partial charge in [0.2, 0.25) is 0 Å². The molecule has 158 valence electrons. The molecule has 2 aromatic carbocycles. The molecule has 8 heteroatoms. The van der Waals surface area contributed by atoms with Crippen LogP contribution in [0.3, 0.4) is 0 Å². The molecule has 3 rings (SSSR count). The number of carbonyl (C=O) groups excluding carboxylic acids is 3. The Morgan fingerprint density at radius 3 is 2.50 bits per heavy atom. The lowest BCUT2D eigenvalue weighted by molar-refractivity contribution is -0.144. The summed E-state index contributed by atoms with van der Waals surface area (Å²) < 4.78 is 15.3. The summed E-state index contributed by atoms with van der Waals surface area (Å²) in [5.74, 6) is -1.07. The molecular weight excluding hydrogens is 390 g/mol. The zero-order chi connectivity index (χ0) is 21.9. The third-order valence-electron chi connectivity index (χ3n) is 4.96. The molecule has 0 aliphatic carbocycles. The van der Waals surface area contributed by atoms with Crippen LogP contribution < -0.4 is 14.4 Å². The van der Waals surface area contributed by atoms with Gasteiger partial charge < -0.3 is 19.3 Å². The number of carbonyl (C=O) groups is 3. The fourth-order valence-corrected chi connectivity index (χ4v) is 3.53. The maximum absolute atomic E-state index is 13.1. The summed E-state index contributed by atoms with van der Waals surface area (Å²) in [4.78, 5) is 39.2. The fourth-order valence-electron chi connectivity index (χ4n) is 3.53. The standard InChI is InChI=1S/C22H23NO7/c1-4-30-20(25)13-23-17-8-6-5-7-16(17)22(27,21(23)26)12-18(24)15-10-9-14(28-2)11-19(15)29-3/h5-11,27H,4,12-13H2,1-3H3/t22-/m0/s1. The van der Waals surface area contributed by atoms with Crippen LogP contribution in [0.2, 0.25) is 0 Å². The molecule has 1 atom stereocenters. The van der Waals surface area contributed by atoms with E-state index in [0.29, 0.717) is 11.4 Å². The molecule has 2 aromatic rings. The van der Waals surface area contributed by atoms with Crippen LogP contribution in [0.25, 0.3) is 0 Å². The van der Waals surface area contributed by atoms with Gasteiger partial charge >= 0.3 is 5.97 Å². The Bertz CT molecular complexity index is 987. The average molecular weight is 413 g/mol. The lowest BCUT2D eigenvalue weighted by atomic mass is 9.88. The quantitative estimate of drug-likeness (QED) is 0.522. The second-order valence-electron chi connectivity index (χ2n) is 6.74. The van der Waals surface area contributed by atoms with E-state index >= 15 is 0 Å². The van der Waals surface area contributed by atoms with Crippen molar-refractivity contribution in [2.45, 2.75) is 18.9 Å². The summed E-state index contributed by atoms with van der Waals surface area (Å²) in [5, 5.41) is 11.3. The number of hydrogen-bond acceptors (Lipinski definition) is 7. The molecule has 0 saturated heterocycles. The largest absolute Gasteiger partial charge is 0.497 e. The van der Waals surface area contributed by atoms with Crippen LogP contribution in [0.4, 0.5) is 5.69 Å². The van der Waals surface area contributed by atoms with Crippen molar-refractivity contribution in [1.82, 2.24) is 0 Å². The van der Waals surface area contributed by atoms with Crippen LogP contribution in [0.5, 0.6) is 11.5 Å². The molecule has 0 fully saturated rings. The first-order valence-electron chi connectivity index (χ1n) is 9.40. The van der Waals surface area contributed by atoms with E-state index in [4.69, 9.17) is 14.2 Å². The fraction of sp³-hybridized carbons (Fsp3) is 0.318. The molecule has 1 N–H and O–H groups in total. The van der Waals surface area contributed by atoms with E-state index in [9.17, 15) is 19.5 Å². The summed E-state index contributed by atoms with van der Waals surface area (Å²) in [5.41, 5.74) is -1.26. The second-order valence-corrected chi connectivity index (χ2v) is 6.74. The van der Waals surface area contributed by atoms with Crippen molar-refractivity contribution in [1.29, 1.82) is 0 Å². The number of anilines is 1. The Hall–Kier alpha value is -3.39. The van der Waals surface area contributed by atoms with Crippen LogP contribution in [0.15, 0.2) is 42.5 Å². The number of benzene rings is 2. The highest BCUT2D eigenvalue weighted by molar-refractivity contribution is 6.12. The minimum Gasteiger partial charge on any atom is -0.497 e. The smallest absolute Gasteiger partial charge is 0.326 e. The summed E-state index contributed by atoms with van der Waals surface area (Å²) in [7, 11) is 2.91. The Kier molecular flexibility index (Phi) is 6.07. The molecule has 0 radical (unpaired) electrons. The molecule has 1 aliphatic rings. The number of para-hydroxylation sites is 1. The lowest BCUT2D eigenvalue weighted by Gasteiger charge is -2.22. The number of hydrogen-bond donors (Lipinski definition) is 1. The SMILES string of the molecule is CCOC(=O)CN1C(=O)[C@](O)(CC(=O)c2ccc(OC)cc2OC)c2ccccc21. The number of aliphatic hydroxyl groups is 1. The molecule has 0 unspecified atom stereocenters. The maximum Gasteiger partial charge on any atom is 0.326 e. The van der Waals surface area contributed by atoms with Gasteiger partial charge in [0.1, 0.15) is 18.0 Å². The molecule has 0 aromatic heterocycles. The molecule has 30 heavy (non-hydrogen) atoms. The normalized spacial score (nSPS) is 17.5. The Labute approximate surface area is 174 Å². The number of nitrogens with zero attached hydrogens (tertiary/aromatic N) is 1. The highest BCUT2D eigenvalue weighted by Gasteiger charge is 2.51. The van der Waals surface area contributed by atoms with E-state index in [2.05, 4.69) is 0 Å². The molecule has 1 heterocycles. The van der Waals surface area contributed by atoms with Crippen molar-refractivity contribution < 1.29 is 33.7 Å². The van der Waals surface area contributed by atoms with Crippen molar-refractivity contribution in [3.63, 3.8) is 0 Å². The number of esters is 1. The molecular formula is C22H23NO7. The first-order chi connectivity index (χ1) is 14.3. The van der Waals surface area contributed by atoms with E-state index in [1.54, 1.807) is 43.3 Å². The Balaban J connectivity index is 1.94. The average Bonchev–Trinajstić information content (AvgIpc) is 2.95. The maximum atomic E-state index is 13.1. The third-order valence-corrected chi connectivity index (χ3v) is 4.96. The van der Waals surface area contributed by atoms with Gasteiger partial charge in [0.15, 0.2) is 11.4 Å². The van der Waals surface area contributed by atoms with Gasteiger partial charge in [-0.2, -0.15) is 0 Å². The number of fused-ring (bicyclic) bond motifs is 1. The van der Waals surface area contributed by atoms with Crippen LogP contribution in [0, 0.1) is 0 Å². The van der Waals surface area contributed by atoms with Crippen molar-refractivity contribution in [3.8, 4) is 11.5 Å². The van der Waals surface area contributed by atoms with Gasteiger partial charge in [-0.3, -0.25) is 19.3 Å². The number of rotatable bonds is 8. The van der Waals surface area contributed by atoms with E-state index in [-0.39, 0.29) is 30.0 Å². The van der Waals surface area contributed by atoms with Crippen LogP contribution in [-0.2, 0) is 19.9 Å². The van der Waals surface area contributed by atoms with Gasteiger partial charge in [0.05, 0.1) is 38.5 Å². The first kappa shape index (κ1) is 21.3. The van der Waals surface area contributed by atoms with Gasteiger partial charge in [-0.25, -0.2) is 0 Å². The Morgan fingerprint density at radius 2 is 1.83 bits per heavy atom. The lowest BCUT2D eigenvalue weighted by Crippen LogP contribution is -2.44. The van der Waals surface area contributed by atoms with Gasteiger partial charge in [0, 0.05) is 11.6 Å². The summed E-state index contributed by atoms with van der Waals surface area (Å²) in [6, 6.07) is 11.2. The Morgan fingerprint density at radius 1 is 1.10 bits per heavy atom. The van der Waals surface area contributed by atoms with E-state index in [1.165, 1.54) is 20.3 Å². The molecule has 0 bridgehead atoms. The van der Waals surface area contributed by atoms with Crippen LogP contribution >= 0.6 is 0 Å². The van der Waals surface area contributed by atoms with Gasteiger partial charge in [-0.05, 0) is 25.1 Å². The number of ketones is 1. The summed E-state index contributed by atoms with van der Waals surface area (Å²) in [6.07, 6.45) is -0.509. The van der Waals surface area contributed by atoms with Crippen molar-refractivity contribution in [2.24, 2.45) is 0 Å². The van der Waals surface area contributed by atoms with Crippen molar-refractivity contribution in [3.05, 3.63) is 53.6 Å². The number of methoxy groups -OCH3 is 2. The molecule has 0 spiro atoms. The molecule has 1 amide bonds. The van der Waals surface area contributed by atoms with Crippen LogP contribution in [0.1, 0.15) is 29.3 Å². The van der Waals surface area contributed by atoms with Gasteiger partial charge in [0.25, 0.3) is 5.91 Å². The zero-order valence-corrected chi connectivity index (χ0v) is 17.0. The van der Waals surface area contributed by atoms with E-state index < -0.39 is 29.7 Å². The highest BCUT2D eigenvalue weighted by Crippen LogP contribution is 2.43. The van der Waals surface area contributed by atoms with E-state index in [1.807, 2.05) is 0 Å². The van der Waals surface area contributed by atoms with Gasteiger partial charge in [-0.15, -0.1) is 0 Å². The van der Waals surface area contributed by atoms with Gasteiger partial charge in [-0.1, -0.05) is 18.2 Å². The zero-order valence-electron chi connectivity index (χ0n) is 17.0. The summed E-state index contributed by atoms with van der Waals surface area (Å²) >= 11 is 0. The van der Waals surface area contributed by atoms with Crippen LogP contribution in [-0.4, -0.2) is 50.1 Å². The number of amides is 1. The predicted octanol–water partition coefficient (Wildman–Crippen LogP) is 2.07. The minimum absolute atomic E-state index is 0.169. The van der Waals surface area contributed by atoms with E-state index in [0.717, 1.165) is 4.90 Å². The third kappa shape index (κ3) is 3.73. The topological polar surface area (TPSA) is 102 Å². The predicted molar refractivity (Wildman–Crippen MR) is 108 cm³/mol. The summed E-state index contributed by atoms with van der Waals surface area (Å²) in [6.45, 7) is 1.48. The molecule has 0 saturated carbocycles. The monoisotopic (exact) mass is 413 g/mol. The molecule has 1 aliphatic heterocycles.